The summed E-state index contributed by atoms with van der Waals surface area (Å²) in [5, 5.41) is 0. The highest BCUT2D eigenvalue weighted by molar-refractivity contribution is 7.73. The Hall–Kier alpha value is -1.25. The molecule has 0 saturated carbocycles. The Bertz CT molecular complexity index is 1110. The first kappa shape index (κ1) is 29.3. The zero-order valence-electron chi connectivity index (χ0n) is 24.7. The molecule has 0 fully saturated rings. The topological polar surface area (TPSA) is 3.24 Å². The summed E-state index contributed by atoms with van der Waals surface area (Å²) >= 11 is 0. The molecule has 0 aliphatic carbocycles. The molecule has 36 heavy (non-hydrogen) atoms. The van der Waals surface area contributed by atoms with E-state index in [2.05, 4.69) is 139 Å². The Morgan fingerprint density at radius 2 is 0.833 bits per heavy atom. The van der Waals surface area contributed by atoms with Gasteiger partial charge in [-0.25, -0.2) is 0 Å². The second-order valence-electron chi connectivity index (χ2n) is 13.6. The molecular weight excluding hydrogens is 491 g/mol. The highest BCUT2D eigenvalue weighted by Crippen LogP contribution is 2.53. The molecule has 0 bridgehead atoms. The second kappa shape index (κ2) is 11.2. The van der Waals surface area contributed by atoms with Gasteiger partial charge in [0.1, 0.15) is 0 Å². The first-order chi connectivity index (χ1) is 16.5. The first-order valence-electron chi connectivity index (χ1n) is 13.0. The summed E-state index contributed by atoms with van der Waals surface area (Å²) in [5.41, 5.74) is 11.0. The van der Waals surface area contributed by atoms with Gasteiger partial charge < -0.3 is 4.90 Å². The highest BCUT2D eigenvalue weighted by Gasteiger charge is 2.24. The summed E-state index contributed by atoms with van der Waals surface area (Å²) in [6.45, 7) is 26.4. The van der Waals surface area contributed by atoms with E-state index in [9.17, 15) is 0 Å². The van der Waals surface area contributed by atoms with Crippen LogP contribution in [-0.4, -0.2) is 60.0 Å². The van der Waals surface area contributed by atoms with Crippen molar-refractivity contribution in [2.75, 3.05) is 64.9 Å². The van der Waals surface area contributed by atoms with Crippen LogP contribution in [0.4, 0.5) is 17.1 Å². The molecule has 0 aliphatic rings. The van der Waals surface area contributed by atoms with Crippen molar-refractivity contribution in [3.05, 3.63) is 88.5 Å². The van der Waals surface area contributed by atoms with Crippen LogP contribution < -0.4 is 4.90 Å². The molecule has 3 rings (SSSR count). The third-order valence-electron chi connectivity index (χ3n) is 6.32. The van der Waals surface area contributed by atoms with E-state index in [1.807, 2.05) is 0 Å². The van der Waals surface area contributed by atoms with Gasteiger partial charge in [-0.15, -0.1) is 0 Å². The molecule has 0 atom stereocenters. The van der Waals surface area contributed by atoms with Crippen LogP contribution in [0.15, 0.2) is 60.7 Å². The van der Waals surface area contributed by atoms with E-state index in [1.54, 1.807) is 0 Å². The molecule has 3 aromatic carbocycles. The Morgan fingerprint density at radius 1 is 0.472 bits per heavy atom. The molecule has 194 valence electrons. The molecule has 0 N–H and O–H groups in total. The number of rotatable bonds is 9. The number of aryl methyl sites for hydroxylation is 2. The third-order valence-corrected chi connectivity index (χ3v) is 10.2. The molecule has 0 saturated heterocycles. The van der Waals surface area contributed by atoms with Crippen LogP contribution in [-0.2, 0) is 18.5 Å². The van der Waals surface area contributed by atoms with Gasteiger partial charge in [0, 0.05) is 98.8 Å². The summed E-state index contributed by atoms with van der Waals surface area (Å²) in [5.74, 6) is 0. The monoisotopic (exact) mass is 540 g/mol. The summed E-state index contributed by atoms with van der Waals surface area (Å²) in [4.78, 5) is 2.48. The predicted molar refractivity (Wildman–Crippen MR) is 176 cm³/mol. The molecule has 3 aromatic rings. The smallest absolute Gasteiger partial charge is 0.0838 e. The van der Waals surface area contributed by atoms with Crippen molar-refractivity contribution in [1.29, 1.82) is 0 Å². The normalized spacial score (nSPS) is 12.6. The number of hydrogen-bond donors (Lipinski definition) is 0. The highest BCUT2D eigenvalue weighted by atomic mass is 31.2. The van der Waals surface area contributed by atoms with E-state index < -0.39 is 21.8 Å². The summed E-state index contributed by atoms with van der Waals surface area (Å²) < 4.78 is 0. The van der Waals surface area contributed by atoms with E-state index in [-0.39, 0.29) is 0 Å². The van der Waals surface area contributed by atoms with Crippen molar-refractivity contribution in [2.45, 2.75) is 32.3 Å². The zero-order valence-corrected chi connectivity index (χ0v) is 27.4. The number of nitrogens with zero attached hydrogens (tertiary/aromatic N) is 1. The summed E-state index contributed by atoms with van der Waals surface area (Å²) in [6.07, 6.45) is 3.56. The molecule has 0 aromatic heterocycles. The predicted octanol–water partition coefficient (Wildman–Crippen LogP) is 9.99. The Morgan fingerprint density at radius 3 is 1.19 bits per heavy atom. The molecule has 0 radical (unpaired) electrons. The average Bonchev–Trinajstić information content (AvgIpc) is 2.71. The van der Waals surface area contributed by atoms with Gasteiger partial charge in [-0.05, 0) is 78.1 Å². The molecule has 4 heteroatoms. The van der Waals surface area contributed by atoms with Crippen molar-refractivity contribution in [3.8, 4) is 0 Å². The van der Waals surface area contributed by atoms with Crippen LogP contribution in [0.2, 0.25) is 0 Å². The minimum atomic E-state index is -0.935. The van der Waals surface area contributed by atoms with Gasteiger partial charge in [-0.3, -0.25) is 0 Å². The lowest BCUT2D eigenvalue weighted by Gasteiger charge is -2.28. The Labute approximate surface area is 224 Å². The quantitative estimate of drug-likeness (QED) is 0.244. The minimum Gasteiger partial charge on any atom is -0.310 e. The third kappa shape index (κ3) is 8.66. The van der Waals surface area contributed by atoms with E-state index in [4.69, 9.17) is 0 Å². The molecule has 0 aliphatic heterocycles. The maximum absolute atomic E-state index is 2.48. The molecule has 0 heterocycles. The molecule has 0 unspecified atom stereocenters. The SMILES string of the molecule is Cc1ccc(N(c2ccc(C[P+](C)(C)C)cc2)c2ccc(C)c(C[P+](C)(C)C)c2)cc1C[P+](C)(C)C. The zero-order chi connectivity index (χ0) is 26.9. The van der Waals surface area contributed by atoms with Crippen LogP contribution >= 0.6 is 21.8 Å². The van der Waals surface area contributed by atoms with Crippen molar-refractivity contribution in [3.63, 3.8) is 0 Å². The Balaban J connectivity index is 2.14. The molecule has 0 amide bonds. The maximum atomic E-state index is 2.48. The fraction of sp³-hybridized carbons (Fsp3) is 0.438. The number of benzene rings is 3. The van der Waals surface area contributed by atoms with Gasteiger partial charge in [-0.2, -0.15) is 0 Å². The lowest BCUT2D eigenvalue weighted by Crippen LogP contribution is -2.12. The van der Waals surface area contributed by atoms with Crippen molar-refractivity contribution < 1.29 is 0 Å². The largest absolute Gasteiger partial charge is 0.310 e. The average molecular weight is 541 g/mol. The summed E-state index contributed by atoms with van der Waals surface area (Å²) in [7, 11) is -2.73. The van der Waals surface area contributed by atoms with Gasteiger partial charge in [-0.1, -0.05) is 24.3 Å². The van der Waals surface area contributed by atoms with Crippen molar-refractivity contribution in [1.82, 2.24) is 0 Å². The number of anilines is 3. The van der Waals surface area contributed by atoms with Crippen LogP contribution in [0.3, 0.4) is 0 Å². The lowest BCUT2D eigenvalue weighted by atomic mass is 10.1. The van der Waals surface area contributed by atoms with Gasteiger partial charge >= 0.3 is 0 Å². The van der Waals surface area contributed by atoms with E-state index >= 15 is 0 Å². The van der Waals surface area contributed by atoms with Crippen molar-refractivity contribution in [2.24, 2.45) is 0 Å². The summed E-state index contributed by atoms with van der Waals surface area (Å²) in [6, 6.07) is 23.5. The van der Waals surface area contributed by atoms with Crippen LogP contribution in [0, 0.1) is 13.8 Å². The van der Waals surface area contributed by atoms with E-state index in [1.165, 1.54) is 63.4 Å². The van der Waals surface area contributed by atoms with Gasteiger partial charge in [0.2, 0.25) is 0 Å². The molecule has 0 spiro atoms. The van der Waals surface area contributed by atoms with Gasteiger partial charge in [0.25, 0.3) is 0 Å². The maximum Gasteiger partial charge on any atom is 0.0838 e. The van der Waals surface area contributed by atoms with Crippen LogP contribution in [0.25, 0.3) is 0 Å². The molecular formula is C32H49NP3+3. The standard InChI is InChI=1S/C32H49NP3/c1-25-12-16-31(20-28(25)23-35(6,7)8)33(30-18-14-27(15-19-30)22-34(3,4)5)32-17-13-26(2)29(21-32)24-36(9,10)11/h12-21H,22-24H2,1-11H3/q+3. The van der Waals surface area contributed by atoms with Gasteiger partial charge in [0.15, 0.2) is 0 Å². The van der Waals surface area contributed by atoms with E-state index in [0.29, 0.717) is 0 Å². The second-order valence-corrected chi connectivity index (χ2v) is 28.3. The van der Waals surface area contributed by atoms with E-state index in [0.717, 1.165) is 0 Å². The lowest BCUT2D eigenvalue weighted by molar-refractivity contribution is 1.20. The van der Waals surface area contributed by atoms with Crippen LogP contribution in [0.5, 0.6) is 0 Å². The molecule has 1 nitrogen and oxygen atoms in total. The van der Waals surface area contributed by atoms with Gasteiger partial charge in [0.05, 0.1) is 18.5 Å². The first-order valence-corrected chi connectivity index (χ1v) is 22.9. The fourth-order valence-electron chi connectivity index (χ4n) is 4.70. The van der Waals surface area contributed by atoms with Crippen molar-refractivity contribution >= 4 is 38.8 Å². The Kier molecular flexibility index (Phi) is 9.15. The minimum absolute atomic E-state index is 0.864. The van der Waals surface area contributed by atoms with Crippen LogP contribution in [0.1, 0.15) is 27.8 Å². The number of hydrogen-bond acceptors (Lipinski definition) is 1. The fourth-order valence-corrected chi connectivity index (χ4v) is 8.73.